The minimum absolute atomic E-state index is 0.274. The quantitative estimate of drug-likeness (QED) is 0.908. The first-order valence-corrected chi connectivity index (χ1v) is 6.22. The lowest BCUT2D eigenvalue weighted by Crippen LogP contribution is -2.24. The Hall–Kier alpha value is -1.75. The number of benzene rings is 1. The highest BCUT2D eigenvalue weighted by Gasteiger charge is 2.16. The summed E-state index contributed by atoms with van der Waals surface area (Å²) in [4.78, 5) is 12.7. The van der Waals surface area contributed by atoms with Gasteiger partial charge in [-0.15, -0.1) is 11.3 Å². The van der Waals surface area contributed by atoms with E-state index >= 15 is 0 Å². The van der Waals surface area contributed by atoms with Crippen molar-refractivity contribution in [2.24, 2.45) is 0 Å². The van der Waals surface area contributed by atoms with Crippen LogP contribution in [0.25, 0.3) is 0 Å². The number of halogens is 2. The highest BCUT2D eigenvalue weighted by molar-refractivity contribution is 7.10. The van der Waals surface area contributed by atoms with E-state index in [4.69, 9.17) is 0 Å². The summed E-state index contributed by atoms with van der Waals surface area (Å²) in [5, 5.41) is 4.42. The zero-order valence-electron chi connectivity index (χ0n) is 9.67. The van der Waals surface area contributed by atoms with Gasteiger partial charge in [0.1, 0.15) is 17.2 Å². The first kappa shape index (κ1) is 12.7. The Morgan fingerprint density at radius 2 is 1.94 bits per heavy atom. The number of rotatable bonds is 3. The van der Waals surface area contributed by atoms with Crippen LogP contribution >= 0.6 is 11.3 Å². The molecule has 94 valence electrons. The predicted molar refractivity (Wildman–Crippen MR) is 66.6 cm³/mol. The van der Waals surface area contributed by atoms with Crippen molar-refractivity contribution in [3.05, 3.63) is 57.3 Å². The van der Waals surface area contributed by atoms with Crippen molar-refractivity contribution in [2.75, 3.05) is 0 Å². The van der Waals surface area contributed by atoms with Gasteiger partial charge in [-0.05, 0) is 36.1 Å². The van der Waals surface area contributed by atoms with Crippen LogP contribution in [0.5, 0.6) is 0 Å². The number of thiophene rings is 1. The van der Waals surface area contributed by atoms with Gasteiger partial charge in [0.2, 0.25) is 0 Å². The van der Waals surface area contributed by atoms with Gasteiger partial charge in [-0.1, -0.05) is 6.07 Å². The van der Waals surface area contributed by atoms with E-state index in [0.29, 0.717) is 0 Å². The maximum atomic E-state index is 13.3. The minimum atomic E-state index is -0.851. The molecule has 0 fully saturated rings. The molecule has 2 nitrogen and oxygen atoms in total. The van der Waals surface area contributed by atoms with Crippen LogP contribution in [0, 0.1) is 18.6 Å². The van der Waals surface area contributed by atoms with Gasteiger partial charge in [0.25, 0.3) is 5.91 Å². The van der Waals surface area contributed by atoms with Crippen molar-refractivity contribution in [1.29, 1.82) is 0 Å². The third-order valence-electron chi connectivity index (χ3n) is 2.57. The smallest absolute Gasteiger partial charge is 0.257 e. The van der Waals surface area contributed by atoms with Crippen LogP contribution in [0.15, 0.2) is 29.6 Å². The van der Waals surface area contributed by atoms with E-state index in [1.54, 1.807) is 0 Å². The number of nitrogens with one attached hydrogen (secondary N) is 1. The summed E-state index contributed by atoms with van der Waals surface area (Å²) >= 11 is 1.49. The summed E-state index contributed by atoms with van der Waals surface area (Å²) in [7, 11) is 0. The fourth-order valence-corrected chi connectivity index (χ4v) is 2.39. The molecule has 1 N–H and O–H groups in total. The lowest BCUT2D eigenvalue weighted by atomic mass is 10.2. The summed E-state index contributed by atoms with van der Waals surface area (Å²) in [5.41, 5.74) is 0.515. The van der Waals surface area contributed by atoms with Crippen LogP contribution in [0.3, 0.4) is 0 Å². The molecule has 0 saturated heterocycles. The van der Waals surface area contributed by atoms with Crippen molar-refractivity contribution in [2.45, 2.75) is 13.5 Å². The van der Waals surface area contributed by atoms with Crippen LogP contribution in [0.4, 0.5) is 8.78 Å². The van der Waals surface area contributed by atoms with Gasteiger partial charge in [0, 0.05) is 4.88 Å². The lowest BCUT2D eigenvalue weighted by Gasteiger charge is -2.06. The Morgan fingerprint density at radius 3 is 2.50 bits per heavy atom. The minimum Gasteiger partial charge on any atom is -0.347 e. The van der Waals surface area contributed by atoms with Crippen LogP contribution < -0.4 is 5.32 Å². The predicted octanol–water partition coefficient (Wildman–Crippen LogP) is 3.26. The first-order chi connectivity index (χ1) is 8.59. The van der Waals surface area contributed by atoms with Crippen LogP contribution in [0.2, 0.25) is 0 Å². The van der Waals surface area contributed by atoms with Gasteiger partial charge < -0.3 is 5.32 Å². The maximum absolute atomic E-state index is 13.3. The van der Waals surface area contributed by atoms with E-state index in [1.807, 2.05) is 18.4 Å². The Balaban J connectivity index is 2.11. The third-order valence-corrected chi connectivity index (χ3v) is 3.59. The summed E-state index contributed by atoms with van der Waals surface area (Å²) < 4.78 is 26.7. The molecule has 0 unspecified atom stereocenters. The molecular formula is C13H11F2NOS. The van der Waals surface area contributed by atoms with Crippen molar-refractivity contribution >= 4 is 17.2 Å². The Labute approximate surface area is 107 Å². The Bertz CT molecular complexity index is 560. The molecule has 2 rings (SSSR count). The second-order valence-corrected chi connectivity index (χ2v) is 4.81. The zero-order chi connectivity index (χ0) is 13.1. The lowest BCUT2D eigenvalue weighted by molar-refractivity contribution is 0.0943. The maximum Gasteiger partial charge on any atom is 0.257 e. The normalized spacial score (nSPS) is 10.4. The topological polar surface area (TPSA) is 29.1 Å². The summed E-state index contributed by atoms with van der Waals surface area (Å²) in [6.07, 6.45) is 0. The van der Waals surface area contributed by atoms with E-state index < -0.39 is 23.1 Å². The summed E-state index contributed by atoms with van der Waals surface area (Å²) in [5.74, 6) is -2.44. The molecule has 0 radical (unpaired) electrons. The van der Waals surface area contributed by atoms with Gasteiger partial charge in [0.05, 0.1) is 6.54 Å². The molecule has 0 aliphatic heterocycles. The Morgan fingerprint density at radius 1 is 1.28 bits per heavy atom. The molecule has 1 amide bonds. The Kier molecular flexibility index (Phi) is 3.72. The second-order valence-electron chi connectivity index (χ2n) is 3.81. The van der Waals surface area contributed by atoms with E-state index in [0.717, 1.165) is 22.6 Å². The van der Waals surface area contributed by atoms with Crippen molar-refractivity contribution in [1.82, 2.24) is 5.32 Å². The van der Waals surface area contributed by atoms with E-state index in [9.17, 15) is 13.6 Å². The summed E-state index contributed by atoms with van der Waals surface area (Å²) in [6, 6.07) is 5.28. The molecule has 1 aromatic heterocycles. The average molecular weight is 267 g/mol. The number of hydrogen-bond acceptors (Lipinski definition) is 2. The fourth-order valence-electron chi connectivity index (χ4n) is 1.55. The monoisotopic (exact) mass is 267 g/mol. The van der Waals surface area contributed by atoms with Crippen LogP contribution in [-0.2, 0) is 6.54 Å². The van der Waals surface area contributed by atoms with E-state index in [1.165, 1.54) is 17.4 Å². The third kappa shape index (κ3) is 2.56. The molecule has 5 heteroatoms. The largest absolute Gasteiger partial charge is 0.347 e. The summed E-state index contributed by atoms with van der Waals surface area (Å²) in [6.45, 7) is 2.19. The number of amides is 1. The van der Waals surface area contributed by atoms with Gasteiger partial charge in [-0.3, -0.25) is 4.79 Å². The molecule has 0 aliphatic carbocycles. The molecule has 1 heterocycles. The number of carbonyl (C=O) groups is 1. The van der Waals surface area contributed by atoms with Crippen molar-refractivity contribution in [3.8, 4) is 0 Å². The molecule has 0 bridgehead atoms. The van der Waals surface area contributed by atoms with Gasteiger partial charge >= 0.3 is 0 Å². The standard InChI is InChI=1S/C13H11F2NOS/c1-8-5-6-18-11(8)7-16-13(17)12-9(14)3-2-4-10(12)15/h2-6H,7H2,1H3,(H,16,17). The number of aryl methyl sites for hydroxylation is 1. The molecule has 1 aromatic carbocycles. The van der Waals surface area contributed by atoms with Crippen LogP contribution in [-0.4, -0.2) is 5.91 Å². The highest BCUT2D eigenvalue weighted by Crippen LogP contribution is 2.16. The van der Waals surface area contributed by atoms with Gasteiger partial charge in [0.15, 0.2) is 0 Å². The molecule has 2 aromatic rings. The highest BCUT2D eigenvalue weighted by atomic mass is 32.1. The van der Waals surface area contributed by atoms with E-state index in [-0.39, 0.29) is 6.54 Å². The van der Waals surface area contributed by atoms with Crippen LogP contribution in [0.1, 0.15) is 20.8 Å². The average Bonchev–Trinajstić information content (AvgIpc) is 2.72. The second kappa shape index (κ2) is 5.27. The van der Waals surface area contributed by atoms with Crippen molar-refractivity contribution in [3.63, 3.8) is 0 Å². The molecule has 18 heavy (non-hydrogen) atoms. The zero-order valence-corrected chi connectivity index (χ0v) is 10.5. The molecule has 0 atom stereocenters. The molecular weight excluding hydrogens is 256 g/mol. The van der Waals surface area contributed by atoms with Gasteiger partial charge in [-0.25, -0.2) is 8.78 Å². The number of carbonyl (C=O) groups excluding carboxylic acids is 1. The SMILES string of the molecule is Cc1ccsc1CNC(=O)c1c(F)cccc1F. The number of hydrogen-bond donors (Lipinski definition) is 1. The van der Waals surface area contributed by atoms with Gasteiger partial charge in [-0.2, -0.15) is 0 Å². The first-order valence-electron chi connectivity index (χ1n) is 5.35. The molecule has 0 saturated carbocycles. The van der Waals surface area contributed by atoms with E-state index in [2.05, 4.69) is 5.32 Å². The molecule has 0 aliphatic rings. The fraction of sp³-hybridized carbons (Fsp3) is 0.154. The van der Waals surface area contributed by atoms with Crippen molar-refractivity contribution < 1.29 is 13.6 Å². The molecule has 0 spiro atoms.